The second kappa shape index (κ2) is 8.29. The number of benzene rings is 2. The Kier molecular flexibility index (Phi) is 6.19. The minimum atomic E-state index is -3.74. The molecule has 150 valence electrons. The molecule has 1 aliphatic rings. The molecule has 0 aliphatic carbocycles. The smallest absolute Gasteiger partial charge is 0.239 e. The van der Waals surface area contributed by atoms with Gasteiger partial charge in [0.1, 0.15) is 0 Å². The minimum absolute atomic E-state index is 0.0854. The van der Waals surface area contributed by atoms with Gasteiger partial charge in [-0.1, -0.05) is 29.3 Å². The molecule has 0 fully saturated rings. The van der Waals surface area contributed by atoms with E-state index in [1.54, 1.807) is 24.3 Å². The van der Waals surface area contributed by atoms with Crippen molar-refractivity contribution in [3.8, 4) is 0 Å². The van der Waals surface area contributed by atoms with Crippen LogP contribution in [0.25, 0.3) is 0 Å². The second-order valence-corrected chi connectivity index (χ2v) is 9.26. The molecule has 2 aromatic carbocycles. The predicted molar refractivity (Wildman–Crippen MR) is 112 cm³/mol. The molecule has 3 rings (SSSR count). The van der Waals surface area contributed by atoms with Crippen molar-refractivity contribution in [3.63, 3.8) is 0 Å². The lowest BCUT2D eigenvalue weighted by Gasteiger charge is -2.24. The number of hydrogen-bond acceptors (Lipinski definition) is 4. The normalized spacial score (nSPS) is 16.1. The van der Waals surface area contributed by atoms with Gasteiger partial charge in [0.2, 0.25) is 15.9 Å². The monoisotopic (exact) mass is 441 g/mol. The van der Waals surface area contributed by atoms with E-state index in [0.717, 1.165) is 16.8 Å². The highest BCUT2D eigenvalue weighted by atomic mass is 35.5. The molecule has 0 spiro atoms. The van der Waals surface area contributed by atoms with Crippen molar-refractivity contribution in [2.24, 2.45) is 5.14 Å². The van der Waals surface area contributed by atoms with E-state index in [0.29, 0.717) is 29.4 Å². The van der Waals surface area contributed by atoms with Crippen LogP contribution in [-0.2, 0) is 27.7 Å². The number of amides is 1. The first kappa shape index (κ1) is 20.9. The molecule has 9 heteroatoms. The number of nitrogens with one attached hydrogen (secondary N) is 1. The van der Waals surface area contributed by atoms with Gasteiger partial charge in [0.05, 0.1) is 11.4 Å². The molecular weight excluding hydrogens is 421 g/mol. The molecule has 1 heterocycles. The molecule has 2 aromatic rings. The van der Waals surface area contributed by atoms with Crippen molar-refractivity contribution < 1.29 is 13.2 Å². The van der Waals surface area contributed by atoms with Crippen LogP contribution in [0.2, 0.25) is 10.0 Å². The summed E-state index contributed by atoms with van der Waals surface area (Å²) in [6.45, 7) is 2.65. The van der Waals surface area contributed by atoms with Gasteiger partial charge in [-0.25, -0.2) is 13.6 Å². The van der Waals surface area contributed by atoms with Gasteiger partial charge in [0.15, 0.2) is 0 Å². The number of fused-ring (bicyclic) bond motifs is 1. The molecule has 0 bridgehead atoms. The summed E-state index contributed by atoms with van der Waals surface area (Å²) in [5.41, 5.74) is 2.65. The van der Waals surface area contributed by atoms with Crippen LogP contribution < -0.4 is 15.4 Å². The number of carbonyl (C=O) groups excluding carboxylic acids is 1. The van der Waals surface area contributed by atoms with Crippen LogP contribution in [0.1, 0.15) is 18.1 Å². The molecule has 6 nitrogen and oxygen atoms in total. The maximum absolute atomic E-state index is 12.4. The lowest BCUT2D eigenvalue weighted by molar-refractivity contribution is -0.119. The number of sulfonamides is 1. The third kappa shape index (κ3) is 4.78. The number of rotatable bonds is 6. The average Bonchev–Trinajstić information content (AvgIpc) is 2.91. The summed E-state index contributed by atoms with van der Waals surface area (Å²) < 4.78 is 23.1. The Balaban J connectivity index is 1.60. The topological polar surface area (TPSA) is 92.5 Å². The number of nitrogens with two attached hydrogens (primary N) is 1. The third-order valence-corrected chi connectivity index (χ3v) is 6.28. The zero-order valence-corrected chi connectivity index (χ0v) is 17.6. The van der Waals surface area contributed by atoms with Gasteiger partial charge in [-0.05, 0) is 61.2 Å². The molecule has 0 radical (unpaired) electrons. The van der Waals surface area contributed by atoms with E-state index in [2.05, 4.69) is 5.32 Å². The fourth-order valence-electron chi connectivity index (χ4n) is 3.36. The van der Waals surface area contributed by atoms with Gasteiger partial charge in [0.25, 0.3) is 0 Å². The van der Waals surface area contributed by atoms with Crippen molar-refractivity contribution >= 4 is 44.8 Å². The van der Waals surface area contributed by atoms with Gasteiger partial charge in [-0.15, -0.1) is 0 Å². The quantitative estimate of drug-likeness (QED) is 0.720. The predicted octanol–water partition coefficient (Wildman–Crippen LogP) is 2.75. The summed E-state index contributed by atoms with van der Waals surface area (Å²) in [7, 11) is -3.74. The van der Waals surface area contributed by atoms with Crippen LogP contribution in [-0.4, -0.2) is 33.5 Å². The van der Waals surface area contributed by atoms with Crippen molar-refractivity contribution in [1.82, 2.24) is 5.32 Å². The van der Waals surface area contributed by atoms with E-state index >= 15 is 0 Å². The number of primary sulfonamides is 1. The van der Waals surface area contributed by atoms with E-state index in [1.807, 2.05) is 17.9 Å². The van der Waals surface area contributed by atoms with Gasteiger partial charge < -0.3 is 10.2 Å². The summed E-state index contributed by atoms with van der Waals surface area (Å²) in [4.78, 5) is 14.4. The van der Waals surface area contributed by atoms with E-state index in [-0.39, 0.29) is 23.4 Å². The van der Waals surface area contributed by atoms with Crippen molar-refractivity contribution in [2.45, 2.75) is 30.7 Å². The zero-order valence-electron chi connectivity index (χ0n) is 15.3. The van der Waals surface area contributed by atoms with Crippen molar-refractivity contribution in [1.29, 1.82) is 0 Å². The number of anilines is 1. The lowest BCUT2D eigenvalue weighted by atomic mass is 10.1. The largest absolute Gasteiger partial charge is 0.359 e. The first-order chi connectivity index (χ1) is 13.1. The maximum atomic E-state index is 12.4. The standard InChI is InChI=1S/C19H21Cl2N3O3S/c1-12-8-14-9-16(28(22,26)27)4-5-18(14)24(12)11-19(25)23-7-6-13-2-3-15(20)10-17(13)21/h2-5,9-10,12H,6-8,11H2,1H3,(H,23,25)(H2,22,26,27)/t12-/m0/s1. The Bertz CT molecular complexity index is 1010. The number of nitrogens with zero attached hydrogens (tertiary/aromatic N) is 1. The van der Waals surface area contributed by atoms with E-state index in [1.165, 1.54) is 6.07 Å². The Hall–Kier alpha value is -1.80. The highest BCUT2D eigenvalue weighted by molar-refractivity contribution is 7.89. The SMILES string of the molecule is C[C@H]1Cc2cc(S(N)(=O)=O)ccc2N1CC(=O)NCCc1ccc(Cl)cc1Cl. The highest BCUT2D eigenvalue weighted by Crippen LogP contribution is 2.33. The summed E-state index contributed by atoms with van der Waals surface area (Å²) in [5, 5.41) is 9.25. The maximum Gasteiger partial charge on any atom is 0.239 e. The Labute approximate surface area is 174 Å². The Morgan fingerprint density at radius 2 is 2.00 bits per heavy atom. The summed E-state index contributed by atoms with van der Waals surface area (Å²) >= 11 is 12.0. The fraction of sp³-hybridized carbons (Fsp3) is 0.316. The van der Waals surface area contributed by atoms with E-state index < -0.39 is 10.0 Å². The molecule has 0 aromatic heterocycles. The van der Waals surface area contributed by atoms with Gasteiger partial charge >= 0.3 is 0 Å². The molecule has 0 saturated carbocycles. The molecule has 0 saturated heterocycles. The van der Waals surface area contributed by atoms with Crippen LogP contribution in [0, 0.1) is 0 Å². The molecule has 1 aliphatic heterocycles. The van der Waals surface area contributed by atoms with E-state index in [4.69, 9.17) is 28.3 Å². The zero-order chi connectivity index (χ0) is 20.5. The summed E-state index contributed by atoms with van der Waals surface area (Å²) in [6.07, 6.45) is 1.26. The molecule has 0 unspecified atom stereocenters. The number of hydrogen-bond donors (Lipinski definition) is 2. The molecule has 1 atom stereocenters. The summed E-state index contributed by atoms with van der Waals surface area (Å²) in [6, 6.07) is 10.1. The molecule has 1 amide bonds. The average molecular weight is 442 g/mol. The first-order valence-electron chi connectivity index (χ1n) is 8.78. The van der Waals surface area contributed by atoms with Crippen LogP contribution in [0.5, 0.6) is 0 Å². The number of halogens is 2. The Morgan fingerprint density at radius 1 is 1.25 bits per heavy atom. The van der Waals surface area contributed by atoms with Gasteiger partial charge in [-0.3, -0.25) is 4.79 Å². The third-order valence-electron chi connectivity index (χ3n) is 4.78. The highest BCUT2D eigenvalue weighted by Gasteiger charge is 2.28. The van der Waals surface area contributed by atoms with Gasteiger partial charge in [0, 0.05) is 28.3 Å². The lowest BCUT2D eigenvalue weighted by Crippen LogP contribution is -2.40. The van der Waals surface area contributed by atoms with Gasteiger partial charge in [-0.2, -0.15) is 0 Å². The minimum Gasteiger partial charge on any atom is -0.359 e. The van der Waals surface area contributed by atoms with Crippen molar-refractivity contribution in [2.75, 3.05) is 18.0 Å². The Morgan fingerprint density at radius 3 is 2.68 bits per heavy atom. The number of carbonyl (C=O) groups is 1. The van der Waals surface area contributed by atoms with Crippen LogP contribution in [0.15, 0.2) is 41.3 Å². The first-order valence-corrected chi connectivity index (χ1v) is 11.1. The molecule has 28 heavy (non-hydrogen) atoms. The van der Waals surface area contributed by atoms with Crippen LogP contribution in [0.4, 0.5) is 5.69 Å². The van der Waals surface area contributed by atoms with Crippen LogP contribution >= 0.6 is 23.2 Å². The summed E-state index contributed by atoms with van der Waals surface area (Å²) in [5.74, 6) is -0.111. The fourth-order valence-corrected chi connectivity index (χ4v) is 4.43. The van der Waals surface area contributed by atoms with Crippen molar-refractivity contribution in [3.05, 3.63) is 57.6 Å². The van der Waals surface area contributed by atoms with Crippen LogP contribution in [0.3, 0.4) is 0 Å². The van der Waals surface area contributed by atoms with E-state index in [9.17, 15) is 13.2 Å². The molecular formula is C19H21Cl2N3O3S. The molecule has 3 N–H and O–H groups in total. The second-order valence-electron chi connectivity index (χ2n) is 6.85.